The zero-order chi connectivity index (χ0) is 30.0. The van der Waals surface area contributed by atoms with Crippen molar-refractivity contribution in [2.75, 3.05) is 0 Å². The Morgan fingerprint density at radius 3 is 2.74 bits per heavy atom. The second kappa shape index (κ2) is 11.8. The molecular formula is C30H29F3N8O2. The summed E-state index contributed by atoms with van der Waals surface area (Å²) in [4.78, 5) is 20.0. The summed E-state index contributed by atoms with van der Waals surface area (Å²) < 4.78 is 44.4. The summed E-state index contributed by atoms with van der Waals surface area (Å²) in [6.45, 7) is 2.83. The van der Waals surface area contributed by atoms with Crippen LogP contribution in [0.3, 0.4) is 0 Å². The molecule has 1 aliphatic rings. The highest BCUT2D eigenvalue weighted by molar-refractivity contribution is 5.96. The van der Waals surface area contributed by atoms with Gasteiger partial charge in [-0.3, -0.25) is 14.5 Å². The van der Waals surface area contributed by atoms with Gasteiger partial charge in [-0.25, -0.2) is 0 Å². The molecule has 0 bridgehead atoms. The van der Waals surface area contributed by atoms with Gasteiger partial charge >= 0.3 is 6.36 Å². The van der Waals surface area contributed by atoms with Crippen LogP contribution in [0.15, 0.2) is 54.9 Å². The van der Waals surface area contributed by atoms with Gasteiger partial charge in [-0.15, -0.1) is 23.4 Å². The van der Waals surface area contributed by atoms with Crippen molar-refractivity contribution in [3.05, 3.63) is 83.2 Å². The molecule has 1 saturated carbocycles. The van der Waals surface area contributed by atoms with E-state index in [1.165, 1.54) is 12.1 Å². The summed E-state index contributed by atoms with van der Waals surface area (Å²) in [7, 11) is 0. The van der Waals surface area contributed by atoms with Gasteiger partial charge in [0.05, 0.1) is 11.9 Å². The molecule has 13 heteroatoms. The Balaban J connectivity index is 1.08. The molecule has 0 radical (unpaired) electrons. The third-order valence-electron chi connectivity index (χ3n) is 7.25. The molecule has 0 saturated heterocycles. The Hall–Kier alpha value is -4.81. The zero-order valence-corrected chi connectivity index (χ0v) is 23.4. The number of hydrogen-bond acceptors (Lipinski definition) is 7. The number of aromatic amines is 1. The second-order valence-corrected chi connectivity index (χ2v) is 10.7. The molecule has 10 nitrogen and oxygen atoms in total. The van der Waals surface area contributed by atoms with Crippen LogP contribution >= 0.6 is 0 Å². The number of halogens is 3. The van der Waals surface area contributed by atoms with Crippen LogP contribution in [0, 0.1) is 6.92 Å². The first kappa shape index (κ1) is 28.3. The lowest BCUT2D eigenvalue weighted by molar-refractivity contribution is -0.274. The standard InChI is InChI=1S/C30H29F3N8O2/c1-18-8-9-19(15-34-18)16-35-29(42)25-17-41(40-38-25)12-3-2-6-22-14-24-26(27(20-10-11-20)36-28(24)39-37-22)21-5-4-7-23(13-21)43-30(31,32)33/h4-5,7-9,13-15,17,20H,2-3,6,10-12,16H2,1H3,(H,35,42)(H,36,39). The van der Waals surface area contributed by atoms with Gasteiger partial charge in [-0.1, -0.05) is 23.4 Å². The lowest BCUT2D eigenvalue weighted by atomic mass is 10.00. The number of rotatable bonds is 11. The van der Waals surface area contributed by atoms with E-state index in [1.807, 2.05) is 25.1 Å². The Morgan fingerprint density at radius 2 is 1.98 bits per heavy atom. The van der Waals surface area contributed by atoms with Crippen molar-refractivity contribution in [3.8, 4) is 16.9 Å². The third-order valence-corrected chi connectivity index (χ3v) is 7.25. The molecule has 4 heterocycles. The summed E-state index contributed by atoms with van der Waals surface area (Å²) in [5.41, 5.74) is 5.87. The van der Waals surface area contributed by atoms with Gasteiger partial charge in [0.1, 0.15) is 5.75 Å². The molecule has 0 unspecified atom stereocenters. The number of nitrogens with zero attached hydrogens (tertiary/aromatic N) is 6. The number of benzene rings is 1. The highest BCUT2D eigenvalue weighted by Gasteiger charge is 2.32. The fraction of sp³-hybridized carbons (Fsp3) is 0.333. The number of H-pyrrole nitrogens is 1. The number of unbranched alkanes of at least 4 members (excludes halogenated alkanes) is 1. The summed E-state index contributed by atoms with van der Waals surface area (Å²) in [5.74, 6) is -0.256. The van der Waals surface area contributed by atoms with Gasteiger partial charge in [0.25, 0.3) is 5.91 Å². The maximum Gasteiger partial charge on any atom is 0.573 e. The number of aryl methyl sites for hydroxylation is 3. The molecule has 4 aromatic heterocycles. The highest BCUT2D eigenvalue weighted by atomic mass is 19.4. The molecule has 1 aliphatic carbocycles. The fourth-order valence-electron chi connectivity index (χ4n) is 4.98. The molecular weight excluding hydrogens is 561 g/mol. The predicted octanol–water partition coefficient (Wildman–Crippen LogP) is 5.65. The molecule has 1 aromatic carbocycles. The minimum Gasteiger partial charge on any atom is -0.406 e. The van der Waals surface area contributed by atoms with Crippen LogP contribution in [0.4, 0.5) is 13.2 Å². The lowest BCUT2D eigenvalue weighted by Gasteiger charge is -2.11. The summed E-state index contributed by atoms with van der Waals surface area (Å²) in [6, 6.07) is 11.8. The van der Waals surface area contributed by atoms with E-state index in [4.69, 9.17) is 0 Å². The molecule has 1 fully saturated rings. The van der Waals surface area contributed by atoms with E-state index in [9.17, 15) is 18.0 Å². The molecule has 0 aliphatic heterocycles. The van der Waals surface area contributed by atoms with Crippen LogP contribution in [0.2, 0.25) is 0 Å². The molecule has 43 heavy (non-hydrogen) atoms. The monoisotopic (exact) mass is 590 g/mol. The molecule has 2 N–H and O–H groups in total. The molecule has 1 amide bonds. The molecule has 5 aromatic rings. The van der Waals surface area contributed by atoms with Crippen molar-refractivity contribution in [3.63, 3.8) is 0 Å². The van der Waals surface area contributed by atoms with Crippen molar-refractivity contribution in [2.24, 2.45) is 0 Å². The number of fused-ring (bicyclic) bond motifs is 1. The first-order valence-electron chi connectivity index (χ1n) is 14.1. The van der Waals surface area contributed by atoms with Gasteiger partial charge in [0.2, 0.25) is 0 Å². The van der Waals surface area contributed by atoms with Crippen LogP contribution in [0.25, 0.3) is 22.2 Å². The second-order valence-electron chi connectivity index (χ2n) is 10.7. The van der Waals surface area contributed by atoms with E-state index >= 15 is 0 Å². The van der Waals surface area contributed by atoms with E-state index in [2.05, 4.69) is 40.5 Å². The number of pyridine rings is 1. The van der Waals surface area contributed by atoms with Gasteiger partial charge in [-0.05, 0) is 80.3 Å². The maximum absolute atomic E-state index is 12.9. The van der Waals surface area contributed by atoms with Gasteiger partial charge in [0, 0.05) is 41.6 Å². The fourth-order valence-corrected chi connectivity index (χ4v) is 4.98. The molecule has 222 valence electrons. The van der Waals surface area contributed by atoms with Crippen molar-refractivity contribution in [1.29, 1.82) is 0 Å². The van der Waals surface area contributed by atoms with Crippen molar-refractivity contribution < 1.29 is 22.7 Å². The number of amides is 1. The van der Waals surface area contributed by atoms with Crippen molar-refractivity contribution >= 4 is 16.9 Å². The summed E-state index contributed by atoms with van der Waals surface area (Å²) in [5, 5.41) is 20.5. The van der Waals surface area contributed by atoms with Crippen LogP contribution in [-0.4, -0.2) is 47.4 Å². The summed E-state index contributed by atoms with van der Waals surface area (Å²) in [6.07, 6.45) is 2.80. The van der Waals surface area contributed by atoms with Gasteiger partial charge < -0.3 is 15.0 Å². The average molecular weight is 591 g/mol. The topological polar surface area (TPSA) is 124 Å². The van der Waals surface area contributed by atoms with Crippen molar-refractivity contribution in [2.45, 2.75) is 64.4 Å². The number of nitrogens with one attached hydrogen (secondary N) is 2. The lowest BCUT2D eigenvalue weighted by Crippen LogP contribution is -2.23. The van der Waals surface area contributed by atoms with Crippen LogP contribution in [0.5, 0.6) is 5.75 Å². The predicted molar refractivity (Wildman–Crippen MR) is 151 cm³/mol. The Kier molecular flexibility index (Phi) is 7.78. The van der Waals surface area contributed by atoms with Crippen LogP contribution in [0.1, 0.15) is 64.7 Å². The number of aromatic nitrogens is 7. The maximum atomic E-state index is 12.9. The minimum absolute atomic E-state index is 0.243. The highest BCUT2D eigenvalue weighted by Crippen LogP contribution is 2.47. The van der Waals surface area contributed by atoms with Gasteiger partial charge in [-0.2, -0.15) is 5.10 Å². The first-order valence-corrected chi connectivity index (χ1v) is 14.1. The van der Waals surface area contributed by atoms with Gasteiger partial charge in [0.15, 0.2) is 11.3 Å². The third kappa shape index (κ3) is 6.99. The molecule has 0 atom stereocenters. The van der Waals surface area contributed by atoms with Crippen LogP contribution < -0.4 is 10.1 Å². The number of carbonyl (C=O) groups is 1. The van der Waals surface area contributed by atoms with Crippen molar-refractivity contribution in [1.82, 2.24) is 40.5 Å². The summed E-state index contributed by atoms with van der Waals surface area (Å²) >= 11 is 0. The molecule has 6 rings (SSSR count). The average Bonchev–Trinajstić information content (AvgIpc) is 3.59. The normalized spacial score (nSPS) is 13.4. The number of hydrogen-bond donors (Lipinski definition) is 2. The van der Waals surface area contributed by atoms with E-state index in [0.717, 1.165) is 59.3 Å². The number of alkyl halides is 3. The minimum atomic E-state index is -4.77. The zero-order valence-electron chi connectivity index (χ0n) is 23.4. The largest absolute Gasteiger partial charge is 0.573 e. The Bertz CT molecular complexity index is 1740. The number of carbonyl (C=O) groups excluding carboxylic acids is 1. The Labute approximate surface area is 244 Å². The van der Waals surface area contributed by atoms with E-state index in [-0.39, 0.29) is 17.4 Å². The first-order chi connectivity index (χ1) is 20.7. The smallest absolute Gasteiger partial charge is 0.406 e. The van der Waals surface area contributed by atoms with E-state index in [0.29, 0.717) is 36.6 Å². The number of ether oxygens (including phenoxy) is 1. The van der Waals surface area contributed by atoms with E-state index in [1.54, 1.807) is 29.2 Å². The van der Waals surface area contributed by atoms with Crippen LogP contribution in [-0.2, 0) is 19.5 Å². The SMILES string of the molecule is Cc1ccc(CNC(=O)c2cn(CCCCc3cc4c(-c5cccc(OC(F)(F)F)c5)c(C5CC5)[nH]c4nn3)nn2)cn1. The Morgan fingerprint density at radius 1 is 1.12 bits per heavy atom. The van der Waals surface area contributed by atoms with E-state index < -0.39 is 6.36 Å². The quantitative estimate of drug-likeness (QED) is 0.191. The molecule has 0 spiro atoms.